The quantitative estimate of drug-likeness (QED) is 0.892. The molecule has 0 aromatic carbocycles. The average molecular weight is 255 g/mol. The van der Waals surface area contributed by atoms with E-state index in [-0.39, 0.29) is 6.04 Å². The second kappa shape index (κ2) is 6.43. The Balaban J connectivity index is 2.45. The topological polar surface area (TPSA) is 37.8 Å². The molecule has 0 saturated carbocycles. The molecule has 0 aliphatic rings. The Kier molecular flexibility index (Phi) is 4.63. The average Bonchev–Trinajstić information content (AvgIpc) is 2.45. The molecule has 2 heterocycles. The van der Waals surface area contributed by atoms with Gasteiger partial charge in [-0.15, -0.1) is 0 Å². The lowest BCUT2D eigenvalue weighted by Gasteiger charge is -2.21. The maximum atomic E-state index is 4.31. The summed E-state index contributed by atoms with van der Waals surface area (Å²) in [5, 5.41) is 3.55. The molecule has 0 fully saturated rings. The van der Waals surface area contributed by atoms with E-state index in [1.54, 1.807) is 0 Å². The molecule has 2 aromatic rings. The van der Waals surface area contributed by atoms with Gasteiger partial charge in [0.15, 0.2) is 0 Å². The van der Waals surface area contributed by atoms with E-state index in [1.807, 2.05) is 24.8 Å². The molecule has 3 heteroatoms. The van der Waals surface area contributed by atoms with Crippen LogP contribution >= 0.6 is 0 Å². The normalized spacial score (nSPS) is 12.4. The van der Waals surface area contributed by atoms with Gasteiger partial charge in [0.05, 0.1) is 6.04 Å². The lowest BCUT2D eigenvalue weighted by Crippen LogP contribution is -2.23. The molecule has 19 heavy (non-hydrogen) atoms. The van der Waals surface area contributed by atoms with Gasteiger partial charge in [-0.1, -0.05) is 19.9 Å². The van der Waals surface area contributed by atoms with Gasteiger partial charge in [0, 0.05) is 24.8 Å². The third kappa shape index (κ3) is 3.18. The Morgan fingerprint density at radius 1 is 1.16 bits per heavy atom. The molecule has 1 atom stereocenters. The Morgan fingerprint density at radius 3 is 2.68 bits per heavy atom. The molecule has 0 amide bonds. The minimum absolute atomic E-state index is 0.190. The van der Waals surface area contributed by atoms with Gasteiger partial charge in [-0.3, -0.25) is 9.97 Å². The van der Waals surface area contributed by atoms with Gasteiger partial charge >= 0.3 is 0 Å². The van der Waals surface area contributed by atoms with E-state index in [2.05, 4.69) is 48.2 Å². The summed E-state index contributed by atoms with van der Waals surface area (Å²) in [6.07, 6.45) is 8.65. The van der Waals surface area contributed by atoms with Crippen molar-refractivity contribution in [3.63, 3.8) is 0 Å². The van der Waals surface area contributed by atoms with Crippen LogP contribution < -0.4 is 5.32 Å². The summed E-state index contributed by atoms with van der Waals surface area (Å²) < 4.78 is 0. The Hall–Kier alpha value is -1.74. The number of aryl methyl sites for hydroxylation is 2. The Morgan fingerprint density at radius 2 is 2.00 bits per heavy atom. The number of rotatable bonds is 5. The van der Waals surface area contributed by atoms with Crippen molar-refractivity contribution in [2.75, 3.05) is 6.54 Å². The number of hydrogen-bond acceptors (Lipinski definition) is 3. The van der Waals surface area contributed by atoms with Crippen LogP contribution in [0.1, 0.15) is 42.1 Å². The second-order valence-electron chi connectivity index (χ2n) is 4.71. The van der Waals surface area contributed by atoms with Gasteiger partial charge in [0.1, 0.15) is 0 Å². The van der Waals surface area contributed by atoms with Crippen molar-refractivity contribution < 1.29 is 0 Å². The van der Waals surface area contributed by atoms with Crippen molar-refractivity contribution in [3.8, 4) is 0 Å². The van der Waals surface area contributed by atoms with Crippen LogP contribution in [0.25, 0.3) is 0 Å². The van der Waals surface area contributed by atoms with E-state index >= 15 is 0 Å². The van der Waals surface area contributed by atoms with E-state index < -0.39 is 0 Å². The SMILES string of the molecule is CCNC(c1cncc(C)c1)c1ccncc1CC. The van der Waals surface area contributed by atoms with Crippen LogP contribution in [0.15, 0.2) is 36.9 Å². The number of nitrogens with zero attached hydrogens (tertiary/aromatic N) is 2. The fourth-order valence-electron chi connectivity index (χ4n) is 2.36. The first kappa shape index (κ1) is 13.7. The largest absolute Gasteiger partial charge is 0.306 e. The first-order valence-electron chi connectivity index (χ1n) is 6.84. The highest BCUT2D eigenvalue weighted by atomic mass is 14.9. The smallest absolute Gasteiger partial charge is 0.0595 e. The van der Waals surface area contributed by atoms with E-state index in [0.717, 1.165) is 13.0 Å². The van der Waals surface area contributed by atoms with Crippen molar-refractivity contribution in [1.82, 2.24) is 15.3 Å². The maximum Gasteiger partial charge on any atom is 0.0595 e. The summed E-state index contributed by atoms with van der Waals surface area (Å²) in [5.74, 6) is 0. The van der Waals surface area contributed by atoms with Crippen LogP contribution in [0.2, 0.25) is 0 Å². The summed E-state index contributed by atoms with van der Waals surface area (Å²) >= 11 is 0. The fraction of sp³-hybridized carbons (Fsp3) is 0.375. The highest BCUT2D eigenvalue weighted by molar-refractivity contribution is 5.35. The van der Waals surface area contributed by atoms with Crippen molar-refractivity contribution in [2.45, 2.75) is 33.2 Å². The zero-order valence-corrected chi connectivity index (χ0v) is 11.9. The first-order chi connectivity index (χ1) is 9.26. The minimum atomic E-state index is 0.190. The summed E-state index contributed by atoms with van der Waals surface area (Å²) in [5.41, 5.74) is 4.98. The van der Waals surface area contributed by atoms with Crippen molar-refractivity contribution in [1.29, 1.82) is 0 Å². The van der Waals surface area contributed by atoms with Crippen molar-refractivity contribution in [2.24, 2.45) is 0 Å². The lowest BCUT2D eigenvalue weighted by atomic mass is 9.95. The summed E-state index contributed by atoms with van der Waals surface area (Å²) in [6.45, 7) is 7.29. The molecule has 3 nitrogen and oxygen atoms in total. The van der Waals surface area contributed by atoms with E-state index in [4.69, 9.17) is 0 Å². The van der Waals surface area contributed by atoms with Crippen LogP contribution in [-0.4, -0.2) is 16.5 Å². The van der Waals surface area contributed by atoms with Gasteiger partial charge in [-0.2, -0.15) is 0 Å². The third-order valence-corrected chi connectivity index (χ3v) is 3.27. The van der Waals surface area contributed by atoms with Crippen LogP contribution in [0.4, 0.5) is 0 Å². The maximum absolute atomic E-state index is 4.31. The number of nitrogens with one attached hydrogen (secondary N) is 1. The van der Waals surface area contributed by atoms with Crippen LogP contribution in [-0.2, 0) is 6.42 Å². The van der Waals surface area contributed by atoms with Crippen molar-refractivity contribution >= 4 is 0 Å². The highest BCUT2D eigenvalue weighted by Crippen LogP contribution is 2.25. The third-order valence-electron chi connectivity index (χ3n) is 3.27. The molecule has 2 aromatic heterocycles. The second-order valence-corrected chi connectivity index (χ2v) is 4.71. The summed E-state index contributed by atoms with van der Waals surface area (Å²) in [7, 11) is 0. The van der Waals surface area contributed by atoms with Gasteiger partial charge < -0.3 is 5.32 Å². The minimum Gasteiger partial charge on any atom is -0.306 e. The van der Waals surface area contributed by atoms with Crippen LogP contribution in [0.5, 0.6) is 0 Å². The number of hydrogen-bond donors (Lipinski definition) is 1. The van der Waals surface area contributed by atoms with E-state index in [1.165, 1.54) is 22.3 Å². The lowest BCUT2D eigenvalue weighted by molar-refractivity contribution is 0.622. The predicted molar refractivity (Wildman–Crippen MR) is 78.1 cm³/mol. The van der Waals surface area contributed by atoms with Gasteiger partial charge in [-0.25, -0.2) is 0 Å². The summed E-state index contributed by atoms with van der Waals surface area (Å²) in [4.78, 5) is 8.54. The molecule has 0 radical (unpaired) electrons. The van der Waals surface area contributed by atoms with Gasteiger partial charge in [-0.05, 0) is 48.2 Å². The molecule has 2 rings (SSSR count). The number of pyridine rings is 2. The van der Waals surface area contributed by atoms with E-state index in [0.29, 0.717) is 0 Å². The Bertz CT molecular complexity index is 537. The zero-order valence-electron chi connectivity index (χ0n) is 11.9. The van der Waals surface area contributed by atoms with Gasteiger partial charge in [0.25, 0.3) is 0 Å². The van der Waals surface area contributed by atoms with Gasteiger partial charge in [0.2, 0.25) is 0 Å². The molecule has 100 valence electrons. The standard InChI is InChI=1S/C16H21N3/c1-4-13-10-17-7-6-15(13)16(19-5-2)14-8-12(3)9-18-11-14/h6-11,16,19H,4-5H2,1-3H3. The predicted octanol–water partition coefficient (Wildman–Crippen LogP) is 3.05. The molecule has 1 N–H and O–H groups in total. The molecule has 0 aliphatic heterocycles. The molecule has 0 bridgehead atoms. The Labute approximate surface area is 115 Å². The van der Waals surface area contributed by atoms with Crippen LogP contribution in [0.3, 0.4) is 0 Å². The fourth-order valence-corrected chi connectivity index (χ4v) is 2.36. The number of aromatic nitrogens is 2. The molecule has 0 aliphatic carbocycles. The van der Waals surface area contributed by atoms with Crippen LogP contribution in [0, 0.1) is 6.92 Å². The highest BCUT2D eigenvalue weighted by Gasteiger charge is 2.16. The molecular formula is C16H21N3. The zero-order chi connectivity index (χ0) is 13.7. The van der Waals surface area contributed by atoms with Crippen molar-refractivity contribution in [3.05, 3.63) is 59.2 Å². The molecule has 0 spiro atoms. The molecular weight excluding hydrogens is 234 g/mol. The first-order valence-corrected chi connectivity index (χ1v) is 6.84. The monoisotopic (exact) mass is 255 g/mol. The summed E-state index contributed by atoms with van der Waals surface area (Å²) in [6, 6.07) is 4.49. The molecule has 1 unspecified atom stereocenters. The van der Waals surface area contributed by atoms with E-state index in [9.17, 15) is 0 Å². The molecule has 0 saturated heterocycles.